The van der Waals surface area contributed by atoms with Crippen LogP contribution >= 0.6 is 11.3 Å². The molecule has 1 aliphatic rings. The lowest BCUT2D eigenvalue weighted by Gasteiger charge is -2.37. The van der Waals surface area contributed by atoms with Crippen LogP contribution in [0.5, 0.6) is 0 Å². The molecule has 0 spiro atoms. The Balaban J connectivity index is 1.61. The van der Waals surface area contributed by atoms with Gasteiger partial charge in [-0.1, -0.05) is 19.9 Å². The van der Waals surface area contributed by atoms with Crippen molar-refractivity contribution in [1.29, 1.82) is 0 Å². The summed E-state index contributed by atoms with van der Waals surface area (Å²) in [5.74, 6) is -3.25. The van der Waals surface area contributed by atoms with Crippen LogP contribution in [0.2, 0.25) is 0 Å². The predicted molar refractivity (Wildman–Crippen MR) is 172 cm³/mol. The van der Waals surface area contributed by atoms with E-state index >= 15 is 0 Å². The van der Waals surface area contributed by atoms with Gasteiger partial charge < -0.3 is 10.0 Å². The highest BCUT2D eigenvalue weighted by molar-refractivity contribution is 7.91. The molecule has 2 heterocycles. The van der Waals surface area contributed by atoms with Gasteiger partial charge in [0.1, 0.15) is 15.8 Å². The number of halogens is 2. The third kappa shape index (κ3) is 8.84. The van der Waals surface area contributed by atoms with Gasteiger partial charge in [0.15, 0.2) is 5.78 Å². The highest BCUT2D eigenvalue weighted by Gasteiger charge is 2.37. The van der Waals surface area contributed by atoms with E-state index in [0.717, 1.165) is 35.8 Å². The number of thiophene rings is 1. The number of rotatable bonds is 14. The molecule has 0 saturated carbocycles. The van der Waals surface area contributed by atoms with Crippen LogP contribution in [-0.2, 0) is 16.4 Å². The van der Waals surface area contributed by atoms with Gasteiger partial charge in [-0.2, -0.15) is 4.31 Å². The Morgan fingerprint density at radius 3 is 2.33 bits per heavy atom. The zero-order chi connectivity index (χ0) is 32.7. The van der Waals surface area contributed by atoms with Gasteiger partial charge in [-0.15, -0.1) is 11.3 Å². The first-order valence-corrected chi connectivity index (χ1v) is 17.9. The number of carbonyl (C=O) groups excluding carboxylic acids is 2. The molecule has 0 unspecified atom stereocenters. The summed E-state index contributed by atoms with van der Waals surface area (Å²) in [6, 6.07) is 11.4. The van der Waals surface area contributed by atoms with E-state index in [2.05, 4.69) is 0 Å². The molecule has 4 rings (SSSR count). The van der Waals surface area contributed by atoms with Gasteiger partial charge in [-0.3, -0.25) is 9.59 Å². The molecule has 1 aliphatic heterocycles. The number of amides is 1. The molecule has 7 nitrogen and oxygen atoms in total. The number of aliphatic hydroxyl groups is 1. The Kier molecular flexibility index (Phi) is 12.0. The molecule has 0 radical (unpaired) electrons. The maximum Gasteiger partial charge on any atom is 0.253 e. The summed E-state index contributed by atoms with van der Waals surface area (Å²) in [6.45, 7) is 7.39. The summed E-state index contributed by atoms with van der Waals surface area (Å²) in [5, 5.41) is 13.4. The summed E-state index contributed by atoms with van der Waals surface area (Å²) < 4.78 is 56.4. The minimum Gasteiger partial charge on any atom is -0.392 e. The summed E-state index contributed by atoms with van der Waals surface area (Å²) in [7, 11) is -3.74. The number of piperidine rings is 1. The van der Waals surface area contributed by atoms with Crippen molar-refractivity contribution in [2.24, 2.45) is 11.8 Å². The molecule has 1 N–H and O–H groups in total. The number of aliphatic hydroxyl groups excluding tert-OH is 1. The second-order valence-corrected chi connectivity index (χ2v) is 15.0. The van der Waals surface area contributed by atoms with Crippen molar-refractivity contribution in [3.63, 3.8) is 0 Å². The third-order valence-corrected chi connectivity index (χ3v) is 11.5. The van der Waals surface area contributed by atoms with Crippen LogP contribution in [0.25, 0.3) is 0 Å². The number of Topliss-reactive ketones (excluding diaryl/α,β-unsaturated/α-hetero) is 1. The van der Waals surface area contributed by atoms with Gasteiger partial charge in [0.05, 0.1) is 6.10 Å². The average Bonchev–Trinajstić information content (AvgIpc) is 3.55. The van der Waals surface area contributed by atoms with Crippen molar-refractivity contribution in [2.75, 3.05) is 26.2 Å². The zero-order valence-electron chi connectivity index (χ0n) is 26.0. The Hall–Kier alpha value is -2.99. The van der Waals surface area contributed by atoms with E-state index in [1.54, 1.807) is 40.6 Å². The minimum atomic E-state index is -3.74. The molecular weight excluding hydrogens is 619 g/mol. The Morgan fingerprint density at radius 1 is 1.04 bits per heavy atom. The quantitative estimate of drug-likeness (QED) is 0.200. The number of aryl methyl sites for hydroxylation is 1. The molecule has 0 bridgehead atoms. The van der Waals surface area contributed by atoms with Gasteiger partial charge >= 0.3 is 0 Å². The fraction of sp³-hybridized carbons (Fsp3) is 0.471. The fourth-order valence-corrected chi connectivity index (χ4v) is 8.88. The molecule has 1 aromatic heterocycles. The second-order valence-electron chi connectivity index (χ2n) is 11.9. The lowest BCUT2D eigenvalue weighted by molar-refractivity contribution is 0.0231. The number of hydrogen-bond donors (Lipinski definition) is 1. The van der Waals surface area contributed by atoms with Crippen LogP contribution in [0.3, 0.4) is 0 Å². The van der Waals surface area contributed by atoms with Crippen molar-refractivity contribution in [3.05, 3.63) is 87.8 Å². The summed E-state index contributed by atoms with van der Waals surface area (Å²) in [4.78, 5) is 28.9. The molecule has 1 fully saturated rings. The highest BCUT2D eigenvalue weighted by Crippen LogP contribution is 2.32. The minimum absolute atomic E-state index is 0.00808. The van der Waals surface area contributed by atoms with Gasteiger partial charge in [-0.05, 0) is 104 Å². The van der Waals surface area contributed by atoms with Crippen LogP contribution in [0.1, 0.15) is 77.8 Å². The highest BCUT2D eigenvalue weighted by atomic mass is 32.2. The van der Waals surface area contributed by atoms with E-state index in [4.69, 9.17) is 0 Å². The molecule has 1 saturated heterocycles. The molecule has 0 aliphatic carbocycles. The van der Waals surface area contributed by atoms with Crippen molar-refractivity contribution >= 4 is 33.1 Å². The molecule has 1 amide bonds. The maximum atomic E-state index is 14.1. The van der Waals surface area contributed by atoms with Crippen molar-refractivity contribution in [2.45, 2.75) is 69.6 Å². The summed E-state index contributed by atoms with van der Waals surface area (Å²) in [6.07, 6.45) is 1.39. The van der Waals surface area contributed by atoms with E-state index in [1.807, 2.05) is 20.8 Å². The average molecular weight is 661 g/mol. The molecule has 3 atom stereocenters. The van der Waals surface area contributed by atoms with Crippen LogP contribution < -0.4 is 0 Å². The van der Waals surface area contributed by atoms with Crippen molar-refractivity contribution < 1.29 is 31.9 Å². The van der Waals surface area contributed by atoms with Crippen LogP contribution in [0.4, 0.5) is 8.78 Å². The number of sulfonamides is 1. The van der Waals surface area contributed by atoms with Crippen molar-refractivity contribution in [1.82, 2.24) is 9.21 Å². The predicted octanol–water partition coefficient (Wildman–Crippen LogP) is 6.49. The standard InChI is InChI=1S/C34H42F2N2O5S2/c1-4-10-37(11-5-2)34(41)28-15-23(3)14-26(19-28)31(39)20-27(16-24-17-29(35)21-30(36)18-24)33(40)25-8-6-12-38(22-25)45(42,43)32-9-7-13-44-32/h7,9,13-15,17-19,21,25,27,33,40H,4-6,8,10-12,16,20,22H2,1-3H3/t25-,27-,33-/m1/s1. The molecule has 45 heavy (non-hydrogen) atoms. The number of hydrogen-bond acceptors (Lipinski definition) is 6. The Bertz CT molecular complexity index is 1550. The van der Waals surface area contributed by atoms with E-state index in [-0.39, 0.29) is 40.8 Å². The number of ketones is 1. The van der Waals surface area contributed by atoms with Crippen LogP contribution in [0, 0.1) is 30.4 Å². The van der Waals surface area contributed by atoms with E-state index in [1.165, 1.54) is 16.4 Å². The summed E-state index contributed by atoms with van der Waals surface area (Å²) in [5.41, 5.74) is 1.76. The lowest BCUT2D eigenvalue weighted by atomic mass is 9.79. The third-order valence-electron chi connectivity index (χ3n) is 8.26. The fourth-order valence-electron chi connectivity index (χ4n) is 6.20. The largest absolute Gasteiger partial charge is 0.392 e. The van der Waals surface area contributed by atoms with Gasteiger partial charge in [0.2, 0.25) is 0 Å². The molecule has 3 aromatic rings. The van der Waals surface area contributed by atoms with Crippen molar-refractivity contribution in [3.8, 4) is 0 Å². The zero-order valence-corrected chi connectivity index (χ0v) is 27.7. The van der Waals surface area contributed by atoms with E-state index in [0.29, 0.717) is 43.6 Å². The Morgan fingerprint density at radius 2 is 1.71 bits per heavy atom. The first-order valence-electron chi connectivity index (χ1n) is 15.5. The first kappa shape index (κ1) is 34.9. The number of nitrogens with zero attached hydrogens (tertiary/aromatic N) is 2. The molecule has 11 heteroatoms. The first-order chi connectivity index (χ1) is 21.4. The molecular formula is C34H42F2N2O5S2. The SMILES string of the molecule is CCCN(CCC)C(=O)c1cc(C)cc(C(=O)C[C@@H](Cc2cc(F)cc(F)c2)[C@H](O)[C@@H]2CCCN(S(=O)(=O)c3cccs3)C2)c1. The smallest absolute Gasteiger partial charge is 0.253 e. The normalized spacial score (nSPS) is 17.2. The number of carbonyl (C=O) groups is 2. The van der Waals surface area contributed by atoms with E-state index in [9.17, 15) is 31.9 Å². The lowest BCUT2D eigenvalue weighted by Crippen LogP contribution is -2.45. The topological polar surface area (TPSA) is 95.0 Å². The Labute approximate surface area is 268 Å². The molecule has 2 aromatic carbocycles. The number of benzene rings is 2. The van der Waals surface area contributed by atoms with Gasteiger partial charge in [0, 0.05) is 49.8 Å². The van der Waals surface area contributed by atoms with Gasteiger partial charge in [0.25, 0.3) is 15.9 Å². The second kappa shape index (κ2) is 15.5. The monoisotopic (exact) mass is 660 g/mol. The van der Waals surface area contributed by atoms with Crippen LogP contribution in [0.15, 0.2) is 58.1 Å². The molecule has 244 valence electrons. The van der Waals surface area contributed by atoms with Gasteiger partial charge in [-0.25, -0.2) is 17.2 Å². The van der Waals surface area contributed by atoms with Crippen LogP contribution in [-0.4, -0.2) is 66.7 Å². The summed E-state index contributed by atoms with van der Waals surface area (Å²) >= 11 is 1.13. The maximum absolute atomic E-state index is 14.1. The van der Waals surface area contributed by atoms with E-state index < -0.39 is 39.6 Å².